The van der Waals surface area contributed by atoms with Gasteiger partial charge < -0.3 is 10.2 Å². The van der Waals surface area contributed by atoms with E-state index < -0.39 is 0 Å². The largest absolute Gasteiger partial charge is 0.508 e. The van der Waals surface area contributed by atoms with Crippen molar-refractivity contribution in [2.24, 2.45) is 0 Å². The molecule has 4 aromatic rings. The lowest BCUT2D eigenvalue weighted by Crippen LogP contribution is -2.34. The van der Waals surface area contributed by atoms with Crippen LogP contribution < -0.4 is 0 Å². The maximum Gasteiger partial charge on any atom is 0.120 e. The number of nitrogens with zero attached hydrogens (tertiary/aromatic N) is 4. The molecule has 0 spiro atoms. The lowest BCUT2D eigenvalue weighted by atomic mass is 10.1. The predicted molar refractivity (Wildman–Crippen MR) is 148 cm³/mol. The van der Waals surface area contributed by atoms with Gasteiger partial charge in [-0.3, -0.25) is 19.8 Å². The zero-order valence-corrected chi connectivity index (χ0v) is 22.9. The quantitative estimate of drug-likeness (QED) is 0.213. The van der Waals surface area contributed by atoms with Crippen LogP contribution in [0.1, 0.15) is 22.5 Å². The molecule has 0 fully saturated rings. The number of aromatic hydroxyl groups is 2. The molecule has 0 aliphatic rings. The number of benzene rings is 2. The highest BCUT2D eigenvalue weighted by Crippen LogP contribution is 2.25. The Hall–Kier alpha value is -2.78. The summed E-state index contributed by atoms with van der Waals surface area (Å²) >= 11 is 7.03. The second-order valence-electron chi connectivity index (χ2n) is 8.61. The first-order chi connectivity index (χ1) is 17.5. The minimum atomic E-state index is 0.272. The van der Waals surface area contributed by atoms with E-state index in [1.165, 1.54) is 0 Å². The lowest BCUT2D eigenvalue weighted by Gasteiger charge is -2.28. The fourth-order valence-electron chi connectivity index (χ4n) is 4.00. The van der Waals surface area contributed by atoms with Crippen LogP contribution in [0.4, 0.5) is 0 Å². The fraction of sp³-hybridized carbons (Fsp3) is 0.214. The molecule has 0 amide bonds. The Morgan fingerprint density at radius 1 is 0.583 bits per heavy atom. The SMILES string of the molecule is Oc1ccc(Br)cc1CN(CCN(Cc1ccccn1)Cc1cc(Br)ccc1O)Cc1ccccn1. The topological polar surface area (TPSA) is 72.7 Å². The van der Waals surface area contributed by atoms with E-state index in [0.29, 0.717) is 26.2 Å². The van der Waals surface area contributed by atoms with Crippen molar-refractivity contribution in [2.75, 3.05) is 13.1 Å². The Morgan fingerprint density at radius 2 is 1.03 bits per heavy atom. The third kappa shape index (κ3) is 7.86. The van der Waals surface area contributed by atoms with Crippen LogP contribution in [0.15, 0.2) is 94.1 Å². The van der Waals surface area contributed by atoms with Crippen molar-refractivity contribution in [1.29, 1.82) is 0 Å². The van der Waals surface area contributed by atoms with Gasteiger partial charge in [-0.05, 0) is 60.7 Å². The van der Waals surface area contributed by atoms with Gasteiger partial charge in [0, 0.05) is 71.7 Å². The number of pyridine rings is 2. The Kier molecular flexibility index (Phi) is 9.47. The minimum Gasteiger partial charge on any atom is -0.508 e. The molecule has 2 heterocycles. The first kappa shape index (κ1) is 26.3. The molecule has 4 rings (SSSR count). The van der Waals surface area contributed by atoms with Gasteiger partial charge in [0.1, 0.15) is 11.5 Å². The molecule has 0 saturated heterocycles. The summed E-state index contributed by atoms with van der Waals surface area (Å²) in [5.74, 6) is 0.544. The highest BCUT2D eigenvalue weighted by molar-refractivity contribution is 9.10. The standard InChI is InChI=1S/C28H28Br2N4O2/c29-23-7-9-27(35)21(15-23)17-33(19-25-5-1-3-11-31-25)13-14-34(20-26-6-2-4-12-32-26)18-22-16-24(30)8-10-28(22)36/h1-12,15-16,35-36H,13-14,17-20H2. The van der Waals surface area contributed by atoms with Crippen molar-refractivity contribution in [1.82, 2.24) is 19.8 Å². The van der Waals surface area contributed by atoms with E-state index >= 15 is 0 Å². The van der Waals surface area contributed by atoms with Crippen LogP contribution >= 0.6 is 31.9 Å². The maximum absolute atomic E-state index is 10.5. The second-order valence-corrected chi connectivity index (χ2v) is 10.4. The average Bonchev–Trinajstić information content (AvgIpc) is 2.88. The van der Waals surface area contributed by atoms with E-state index in [0.717, 1.165) is 44.5 Å². The number of aromatic nitrogens is 2. The van der Waals surface area contributed by atoms with Gasteiger partial charge in [-0.15, -0.1) is 0 Å². The Morgan fingerprint density at radius 3 is 1.42 bits per heavy atom. The molecule has 0 unspecified atom stereocenters. The smallest absolute Gasteiger partial charge is 0.120 e. The van der Waals surface area contributed by atoms with Gasteiger partial charge in [-0.25, -0.2) is 0 Å². The summed E-state index contributed by atoms with van der Waals surface area (Å²) in [4.78, 5) is 13.6. The highest BCUT2D eigenvalue weighted by atomic mass is 79.9. The average molecular weight is 612 g/mol. The molecule has 8 heteroatoms. The van der Waals surface area contributed by atoms with Crippen molar-refractivity contribution in [3.63, 3.8) is 0 Å². The summed E-state index contributed by atoms with van der Waals surface area (Å²) in [6.45, 7) is 3.88. The van der Waals surface area contributed by atoms with Crippen molar-refractivity contribution in [3.8, 4) is 11.5 Å². The van der Waals surface area contributed by atoms with Crippen molar-refractivity contribution in [3.05, 3.63) is 117 Å². The Bertz CT molecular complexity index is 1160. The van der Waals surface area contributed by atoms with Gasteiger partial charge in [-0.2, -0.15) is 0 Å². The van der Waals surface area contributed by atoms with Crippen LogP contribution in [-0.4, -0.2) is 43.1 Å². The van der Waals surface area contributed by atoms with E-state index in [2.05, 4.69) is 51.6 Å². The number of hydrogen-bond donors (Lipinski definition) is 2. The molecular formula is C28H28Br2N4O2. The van der Waals surface area contributed by atoms with E-state index in [1.54, 1.807) is 24.5 Å². The number of rotatable bonds is 11. The fourth-order valence-corrected chi connectivity index (χ4v) is 4.81. The van der Waals surface area contributed by atoms with E-state index in [9.17, 15) is 10.2 Å². The summed E-state index contributed by atoms with van der Waals surface area (Å²) in [6, 6.07) is 22.8. The molecule has 6 nitrogen and oxygen atoms in total. The molecule has 0 aliphatic heterocycles. The van der Waals surface area contributed by atoms with Crippen LogP contribution in [0, 0.1) is 0 Å². The van der Waals surface area contributed by atoms with Gasteiger partial charge in [0.05, 0.1) is 11.4 Å². The van der Waals surface area contributed by atoms with Gasteiger partial charge >= 0.3 is 0 Å². The zero-order chi connectivity index (χ0) is 25.3. The summed E-state index contributed by atoms with van der Waals surface area (Å²) in [7, 11) is 0. The predicted octanol–water partition coefficient (Wildman–Crippen LogP) is 6.12. The van der Waals surface area contributed by atoms with Crippen molar-refractivity contribution < 1.29 is 10.2 Å². The lowest BCUT2D eigenvalue weighted by molar-refractivity contribution is 0.178. The monoisotopic (exact) mass is 610 g/mol. The molecule has 36 heavy (non-hydrogen) atoms. The third-order valence-electron chi connectivity index (χ3n) is 5.83. The van der Waals surface area contributed by atoms with Crippen LogP contribution in [0.5, 0.6) is 11.5 Å². The van der Waals surface area contributed by atoms with E-state index in [4.69, 9.17) is 0 Å². The summed E-state index contributed by atoms with van der Waals surface area (Å²) in [5.41, 5.74) is 3.63. The molecular weight excluding hydrogens is 584 g/mol. The van der Waals surface area contributed by atoms with E-state index in [-0.39, 0.29) is 11.5 Å². The number of phenolic OH excluding ortho intramolecular Hbond substituents is 2. The molecule has 186 valence electrons. The van der Waals surface area contributed by atoms with E-state index in [1.807, 2.05) is 60.7 Å². The zero-order valence-electron chi connectivity index (χ0n) is 19.8. The minimum absolute atomic E-state index is 0.272. The Labute approximate surface area is 228 Å². The molecule has 0 aliphatic carbocycles. The second kappa shape index (κ2) is 13.0. The Balaban J connectivity index is 1.54. The molecule has 2 aromatic carbocycles. The van der Waals surface area contributed by atoms with Crippen LogP contribution in [0.2, 0.25) is 0 Å². The molecule has 2 N–H and O–H groups in total. The summed E-state index contributed by atoms with van der Waals surface area (Å²) < 4.78 is 1.85. The van der Waals surface area contributed by atoms with Gasteiger partial charge in [0.25, 0.3) is 0 Å². The molecule has 0 atom stereocenters. The van der Waals surface area contributed by atoms with Crippen LogP contribution in [0.25, 0.3) is 0 Å². The number of hydrogen-bond acceptors (Lipinski definition) is 6. The number of phenols is 2. The number of halogens is 2. The van der Waals surface area contributed by atoms with Crippen LogP contribution in [-0.2, 0) is 26.2 Å². The molecule has 0 radical (unpaired) electrons. The normalized spacial score (nSPS) is 11.3. The van der Waals surface area contributed by atoms with Gasteiger partial charge in [-0.1, -0.05) is 44.0 Å². The summed E-state index contributed by atoms with van der Waals surface area (Å²) in [6.07, 6.45) is 3.60. The third-order valence-corrected chi connectivity index (χ3v) is 6.81. The maximum atomic E-state index is 10.5. The highest BCUT2D eigenvalue weighted by Gasteiger charge is 2.16. The molecule has 2 aromatic heterocycles. The van der Waals surface area contributed by atoms with Crippen LogP contribution in [0.3, 0.4) is 0 Å². The van der Waals surface area contributed by atoms with Gasteiger partial charge in [0.15, 0.2) is 0 Å². The molecule has 0 bridgehead atoms. The van der Waals surface area contributed by atoms with Crippen molar-refractivity contribution in [2.45, 2.75) is 26.2 Å². The van der Waals surface area contributed by atoms with Gasteiger partial charge in [0.2, 0.25) is 0 Å². The first-order valence-corrected chi connectivity index (χ1v) is 13.2. The molecule has 0 saturated carbocycles. The summed E-state index contributed by atoms with van der Waals surface area (Å²) in [5, 5.41) is 20.9. The van der Waals surface area contributed by atoms with Crippen molar-refractivity contribution >= 4 is 31.9 Å². The first-order valence-electron chi connectivity index (χ1n) is 11.7.